The molecular formula is C29H39N5O3. The molecule has 0 fully saturated rings. The van der Waals surface area contributed by atoms with E-state index in [4.69, 9.17) is 4.74 Å². The molecule has 0 aliphatic rings. The van der Waals surface area contributed by atoms with Crippen LogP contribution in [0.2, 0.25) is 0 Å². The van der Waals surface area contributed by atoms with Crippen LogP contribution in [0, 0.1) is 0 Å². The van der Waals surface area contributed by atoms with Crippen LogP contribution in [0.25, 0.3) is 11.3 Å². The van der Waals surface area contributed by atoms with Crippen LogP contribution in [0.1, 0.15) is 75.3 Å². The van der Waals surface area contributed by atoms with Crippen molar-refractivity contribution in [3.8, 4) is 22.8 Å². The Balaban J connectivity index is 1.49. The molecule has 0 aliphatic carbocycles. The summed E-state index contributed by atoms with van der Waals surface area (Å²) in [6.45, 7) is 8.77. The summed E-state index contributed by atoms with van der Waals surface area (Å²) in [6, 6.07) is 14.8. The monoisotopic (exact) mass is 505 g/mol. The minimum absolute atomic E-state index is 0.102. The molecule has 0 bridgehead atoms. The zero-order valence-corrected chi connectivity index (χ0v) is 22.2. The van der Waals surface area contributed by atoms with E-state index in [1.165, 1.54) is 38.3 Å². The molecule has 0 saturated carbocycles. The first-order valence-corrected chi connectivity index (χ1v) is 13.3. The second-order valence-electron chi connectivity index (χ2n) is 8.92. The number of aromatic hydroxyl groups is 1. The van der Waals surface area contributed by atoms with E-state index in [9.17, 15) is 9.90 Å². The van der Waals surface area contributed by atoms with Crippen molar-refractivity contribution in [2.24, 2.45) is 5.10 Å². The van der Waals surface area contributed by atoms with E-state index in [1.54, 1.807) is 18.2 Å². The number of phenolic OH excluding ortho intramolecular Hbond substituents is 1. The fourth-order valence-corrected chi connectivity index (χ4v) is 4.03. The van der Waals surface area contributed by atoms with E-state index in [0.717, 1.165) is 43.1 Å². The molecule has 3 rings (SSSR count). The zero-order chi connectivity index (χ0) is 26.5. The lowest BCUT2D eigenvalue weighted by molar-refractivity contribution is 0.0950. The minimum Gasteiger partial charge on any atom is -0.507 e. The van der Waals surface area contributed by atoms with Gasteiger partial charge in [0.15, 0.2) is 0 Å². The van der Waals surface area contributed by atoms with Crippen LogP contribution >= 0.6 is 0 Å². The van der Waals surface area contributed by atoms with Crippen LogP contribution in [-0.4, -0.2) is 47.1 Å². The van der Waals surface area contributed by atoms with E-state index >= 15 is 0 Å². The molecule has 37 heavy (non-hydrogen) atoms. The topological polar surface area (TPSA) is 103 Å². The smallest absolute Gasteiger partial charge is 0.289 e. The van der Waals surface area contributed by atoms with Gasteiger partial charge in [-0.25, -0.2) is 5.43 Å². The molecule has 1 aromatic heterocycles. The van der Waals surface area contributed by atoms with Crippen molar-refractivity contribution >= 4 is 17.8 Å². The predicted octanol–water partition coefficient (Wildman–Crippen LogP) is 6.13. The maximum atomic E-state index is 12.5. The molecule has 2 aromatic carbocycles. The van der Waals surface area contributed by atoms with Gasteiger partial charge in [0.05, 0.1) is 18.5 Å². The van der Waals surface area contributed by atoms with E-state index in [0.29, 0.717) is 11.3 Å². The molecule has 1 heterocycles. The largest absolute Gasteiger partial charge is 0.507 e. The Kier molecular flexibility index (Phi) is 11.0. The van der Waals surface area contributed by atoms with Crippen molar-refractivity contribution in [2.75, 3.05) is 24.6 Å². The quantitative estimate of drug-likeness (QED) is 0.131. The Morgan fingerprint density at radius 3 is 2.46 bits per heavy atom. The highest BCUT2D eigenvalue weighted by Crippen LogP contribution is 2.24. The summed E-state index contributed by atoms with van der Waals surface area (Å²) in [7, 11) is 0. The first kappa shape index (κ1) is 27.8. The third-order valence-corrected chi connectivity index (χ3v) is 6.25. The number of nitrogens with one attached hydrogen (secondary N) is 2. The number of hydrazone groups is 1. The lowest BCUT2D eigenvalue weighted by atomic mass is 10.1. The van der Waals surface area contributed by atoms with Gasteiger partial charge >= 0.3 is 0 Å². The standard InChI is InChI=1S/C29H39N5O3/c1-4-7-8-9-10-11-18-37-25-16-13-22(14-17-25)26-20-27(32-31-26)29(36)33-30-21-23-12-15-24(19-28(23)35)34(5-2)6-3/h12-17,19-21,35H,4-11,18H2,1-3H3,(H,31,32)(H,33,36). The van der Waals surface area contributed by atoms with Crippen molar-refractivity contribution in [2.45, 2.75) is 59.3 Å². The maximum absolute atomic E-state index is 12.5. The number of H-pyrrole nitrogens is 1. The Morgan fingerprint density at radius 2 is 1.76 bits per heavy atom. The molecule has 8 nitrogen and oxygen atoms in total. The third-order valence-electron chi connectivity index (χ3n) is 6.25. The van der Waals surface area contributed by atoms with Gasteiger partial charge in [-0.3, -0.25) is 9.89 Å². The second kappa shape index (κ2) is 14.7. The summed E-state index contributed by atoms with van der Waals surface area (Å²) in [5, 5.41) is 21.3. The van der Waals surface area contributed by atoms with Gasteiger partial charge in [0, 0.05) is 36.0 Å². The fourth-order valence-electron chi connectivity index (χ4n) is 4.03. The molecule has 0 atom stereocenters. The summed E-state index contributed by atoms with van der Waals surface area (Å²) < 4.78 is 5.84. The van der Waals surface area contributed by atoms with Crippen LogP contribution in [0.5, 0.6) is 11.5 Å². The molecule has 0 unspecified atom stereocenters. The number of aromatic nitrogens is 2. The molecule has 0 radical (unpaired) electrons. The van der Waals surface area contributed by atoms with Gasteiger partial charge in [-0.05, 0) is 62.7 Å². The number of hydrogen-bond donors (Lipinski definition) is 3. The van der Waals surface area contributed by atoms with E-state index in [2.05, 4.69) is 46.4 Å². The maximum Gasteiger partial charge on any atom is 0.289 e. The normalized spacial score (nSPS) is 11.1. The molecule has 1 amide bonds. The van der Waals surface area contributed by atoms with E-state index in [1.807, 2.05) is 30.3 Å². The first-order chi connectivity index (χ1) is 18.0. The van der Waals surface area contributed by atoms with Gasteiger partial charge in [0.1, 0.15) is 17.2 Å². The number of aromatic amines is 1. The van der Waals surface area contributed by atoms with E-state index < -0.39 is 5.91 Å². The highest BCUT2D eigenvalue weighted by atomic mass is 16.5. The number of carbonyl (C=O) groups is 1. The molecule has 3 N–H and O–H groups in total. The SMILES string of the molecule is CCCCCCCCOc1ccc(-c2cc(C(=O)NN=Cc3ccc(N(CC)CC)cc3O)[nH]n2)cc1. The Morgan fingerprint density at radius 1 is 1.03 bits per heavy atom. The summed E-state index contributed by atoms with van der Waals surface area (Å²) in [5.74, 6) is 0.507. The minimum atomic E-state index is -0.423. The number of ether oxygens (including phenoxy) is 1. The van der Waals surface area contributed by atoms with Crippen LogP contribution in [0.3, 0.4) is 0 Å². The number of benzene rings is 2. The molecule has 0 spiro atoms. The number of hydrogen-bond acceptors (Lipinski definition) is 6. The second-order valence-corrected chi connectivity index (χ2v) is 8.92. The molecular weight excluding hydrogens is 466 g/mol. The number of amides is 1. The van der Waals surface area contributed by atoms with Gasteiger partial charge in [-0.2, -0.15) is 10.2 Å². The lowest BCUT2D eigenvalue weighted by Gasteiger charge is -2.21. The van der Waals surface area contributed by atoms with Gasteiger partial charge in [-0.1, -0.05) is 39.0 Å². The Hall–Kier alpha value is -3.81. The number of unbranched alkanes of at least 4 members (excludes halogenated alkanes) is 5. The molecule has 0 saturated heterocycles. The van der Waals surface area contributed by atoms with Crippen LogP contribution in [0.4, 0.5) is 5.69 Å². The summed E-state index contributed by atoms with van der Waals surface area (Å²) in [6.07, 6.45) is 8.82. The number of phenols is 1. The molecule has 0 aliphatic heterocycles. The lowest BCUT2D eigenvalue weighted by Crippen LogP contribution is -2.21. The van der Waals surface area contributed by atoms with Crippen molar-refractivity contribution in [3.05, 3.63) is 59.8 Å². The first-order valence-electron chi connectivity index (χ1n) is 13.3. The predicted molar refractivity (Wildman–Crippen MR) is 150 cm³/mol. The number of carbonyl (C=O) groups excluding carboxylic acids is 1. The third kappa shape index (κ3) is 8.37. The Labute approximate surface area is 219 Å². The van der Waals surface area contributed by atoms with Crippen LogP contribution in [0.15, 0.2) is 53.6 Å². The average Bonchev–Trinajstić information content (AvgIpc) is 3.41. The van der Waals surface area contributed by atoms with Gasteiger partial charge < -0.3 is 14.7 Å². The van der Waals surface area contributed by atoms with Gasteiger partial charge in [-0.15, -0.1) is 0 Å². The van der Waals surface area contributed by atoms with E-state index in [-0.39, 0.29) is 11.4 Å². The average molecular weight is 506 g/mol. The van der Waals surface area contributed by atoms with Crippen molar-refractivity contribution in [1.29, 1.82) is 0 Å². The summed E-state index contributed by atoms with van der Waals surface area (Å²) in [5.41, 5.74) is 5.74. The Bertz CT molecular complexity index is 1140. The highest BCUT2D eigenvalue weighted by Gasteiger charge is 2.11. The van der Waals surface area contributed by atoms with Crippen LogP contribution in [-0.2, 0) is 0 Å². The number of rotatable bonds is 15. The van der Waals surface area contributed by atoms with Crippen molar-refractivity contribution in [1.82, 2.24) is 15.6 Å². The summed E-state index contributed by atoms with van der Waals surface area (Å²) >= 11 is 0. The molecule has 8 heteroatoms. The molecule has 198 valence electrons. The van der Waals surface area contributed by atoms with Gasteiger partial charge in [0.25, 0.3) is 5.91 Å². The zero-order valence-electron chi connectivity index (χ0n) is 22.2. The number of anilines is 1. The van der Waals surface area contributed by atoms with Gasteiger partial charge in [0.2, 0.25) is 0 Å². The van der Waals surface area contributed by atoms with Crippen LogP contribution < -0.4 is 15.1 Å². The highest BCUT2D eigenvalue weighted by molar-refractivity contribution is 5.94. The summed E-state index contributed by atoms with van der Waals surface area (Å²) in [4.78, 5) is 14.6. The fraction of sp³-hybridized carbons (Fsp3) is 0.414. The number of nitrogens with zero attached hydrogens (tertiary/aromatic N) is 3. The van der Waals surface area contributed by atoms with Crippen molar-refractivity contribution < 1.29 is 14.6 Å². The molecule has 3 aromatic rings. The van der Waals surface area contributed by atoms with Crippen molar-refractivity contribution in [3.63, 3.8) is 0 Å².